The molecule has 1 saturated heterocycles. The van der Waals surface area contributed by atoms with E-state index in [1.54, 1.807) is 13.1 Å². The molecule has 2 aromatic heterocycles. The minimum absolute atomic E-state index is 0.388. The van der Waals surface area contributed by atoms with Gasteiger partial charge in [0.15, 0.2) is 11.2 Å². The molecular weight excluding hydrogens is 392 g/mol. The number of benzene rings is 1. The van der Waals surface area contributed by atoms with Crippen LogP contribution in [0.4, 0.5) is 5.95 Å². The molecule has 3 heterocycles. The molecule has 0 aliphatic carbocycles. The molecular formula is C20H23ClN6O2. The van der Waals surface area contributed by atoms with Gasteiger partial charge in [0.05, 0.1) is 0 Å². The molecule has 1 fully saturated rings. The van der Waals surface area contributed by atoms with Crippen LogP contribution in [-0.4, -0.2) is 50.2 Å². The summed E-state index contributed by atoms with van der Waals surface area (Å²) in [4.78, 5) is 35.9. The fourth-order valence-corrected chi connectivity index (χ4v) is 3.85. The van der Waals surface area contributed by atoms with Crippen LogP contribution in [0.5, 0.6) is 0 Å². The molecule has 1 N–H and O–H groups in total. The number of anilines is 1. The maximum atomic E-state index is 12.4. The zero-order valence-electron chi connectivity index (χ0n) is 16.3. The molecule has 4 rings (SSSR count). The lowest BCUT2D eigenvalue weighted by molar-refractivity contribution is 0.248. The normalized spacial score (nSPS) is 15.2. The third-order valence-electron chi connectivity index (χ3n) is 5.27. The molecule has 0 radical (unpaired) electrons. The van der Waals surface area contributed by atoms with Crippen molar-refractivity contribution >= 4 is 28.7 Å². The number of allylic oxidation sites excluding steroid dienone is 1. The van der Waals surface area contributed by atoms with Gasteiger partial charge in [-0.2, -0.15) is 4.98 Å². The number of H-pyrrole nitrogens is 1. The number of nitrogens with zero attached hydrogens (tertiary/aromatic N) is 5. The lowest BCUT2D eigenvalue weighted by Crippen LogP contribution is -2.46. The van der Waals surface area contributed by atoms with Crippen molar-refractivity contribution in [1.82, 2.24) is 24.0 Å². The molecule has 152 valence electrons. The molecule has 3 aromatic rings. The van der Waals surface area contributed by atoms with Crippen LogP contribution < -0.4 is 16.1 Å². The smallest absolute Gasteiger partial charge is 0.329 e. The van der Waals surface area contributed by atoms with Gasteiger partial charge < -0.3 is 9.47 Å². The minimum atomic E-state index is -0.468. The van der Waals surface area contributed by atoms with E-state index in [1.165, 1.54) is 10.1 Å². The molecule has 29 heavy (non-hydrogen) atoms. The molecule has 0 saturated carbocycles. The molecule has 8 nitrogen and oxygen atoms in total. The summed E-state index contributed by atoms with van der Waals surface area (Å²) in [6, 6.07) is 7.91. The van der Waals surface area contributed by atoms with E-state index in [4.69, 9.17) is 11.6 Å². The molecule has 0 spiro atoms. The van der Waals surface area contributed by atoms with Crippen molar-refractivity contribution in [2.75, 3.05) is 31.1 Å². The van der Waals surface area contributed by atoms with Gasteiger partial charge in [-0.1, -0.05) is 29.8 Å². The number of nitrogens with one attached hydrogen (secondary N) is 1. The SMILES string of the molecule is C=CCn1c(N2CCN(Cc3ccc(Cl)cc3)CC2)nc2c1c(=O)[nH]c(=O)n2C. The third kappa shape index (κ3) is 3.73. The van der Waals surface area contributed by atoms with Crippen molar-refractivity contribution in [1.29, 1.82) is 0 Å². The van der Waals surface area contributed by atoms with E-state index in [2.05, 4.69) is 26.3 Å². The zero-order chi connectivity index (χ0) is 20.5. The minimum Gasteiger partial charge on any atom is -0.340 e. The number of aromatic amines is 1. The van der Waals surface area contributed by atoms with Gasteiger partial charge in [0.2, 0.25) is 5.95 Å². The van der Waals surface area contributed by atoms with Crippen LogP contribution in [0.1, 0.15) is 5.56 Å². The van der Waals surface area contributed by atoms with Crippen LogP contribution in [-0.2, 0) is 20.1 Å². The van der Waals surface area contributed by atoms with Gasteiger partial charge >= 0.3 is 5.69 Å². The summed E-state index contributed by atoms with van der Waals surface area (Å²) in [5.74, 6) is 0.692. The van der Waals surface area contributed by atoms with Crippen molar-refractivity contribution in [3.8, 4) is 0 Å². The first-order chi connectivity index (χ1) is 14.0. The second kappa shape index (κ2) is 7.88. The number of aryl methyl sites for hydroxylation is 1. The van der Waals surface area contributed by atoms with Gasteiger partial charge in [-0.25, -0.2) is 4.79 Å². The predicted molar refractivity (Wildman–Crippen MR) is 115 cm³/mol. The quantitative estimate of drug-likeness (QED) is 0.641. The highest BCUT2D eigenvalue weighted by Gasteiger charge is 2.24. The summed E-state index contributed by atoms with van der Waals surface area (Å²) in [5, 5.41) is 0.740. The van der Waals surface area contributed by atoms with Gasteiger partial charge in [-0.3, -0.25) is 19.2 Å². The Morgan fingerprint density at radius 1 is 1.17 bits per heavy atom. The number of rotatable bonds is 5. The average Bonchev–Trinajstić information content (AvgIpc) is 3.09. The summed E-state index contributed by atoms with van der Waals surface area (Å²) in [6.45, 7) is 8.40. The number of halogens is 1. The van der Waals surface area contributed by atoms with Crippen molar-refractivity contribution in [3.63, 3.8) is 0 Å². The topological polar surface area (TPSA) is 79.2 Å². The van der Waals surface area contributed by atoms with Crippen LogP contribution in [0.15, 0.2) is 46.5 Å². The number of fused-ring (bicyclic) bond motifs is 1. The highest BCUT2D eigenvalue weighted by molar-refractivity contribution is 6.30. The molecule has 1 aliphatic heterocycles. The van der Waals surface area contributed by atoms with E-state index < -0.39 is 11.2 Å². The highest BCUT2D eigenvalue weighted by Crippen LogP contribution is 2.21. The largest absolute Gasteiger partial charge is 0.340 e. The number of hydrogen-bond donors (Lipinski definition) is 1. The van der Waals surface area contributed by atoms with Crippen LogP contribution in [0.2, 0.25) is 5.02 Å². The maximum Gasteiger partial charge on any atom is 0.329 e. The first-order valence-electron chi connectivity index (χ1n) is 9.50. The van der Waals surface area contributed by atoms with Crippen LogP contribution in [0.3, 0.4) is 0 Å². The van der Waals surface area contributed by atoms with Crippen molar-refractivity contribution < 1.29 is 0 Å². The van der Waals surface area contributed by atoms with Crippen LogP contribution in [0, 0.1) is 0 Å². The Balaban J connectivity index is 1.58. The Morgan fingerprint density at radius 3 is 2.52 bits per heavy atom. The van der Waals surface area contributed by atoms with E-state index in [9.17, 15) is 9.59 Å². The summed E-state index contributed by atoms with van der Waals surface area (Å²) in [7, 11) is 1.61. The second-order valence-electron chi connectivity index (χ2n) is 7.19. The lowest BCUT2D eigenvalue weighted by atomic mass is 10.2. The fourth-order valence-electron chi connectivity index (χ4n) is 3.72. The van der Waals surface area contributed by atoms with Gasteiger partial charge in [-0.15, -0.1) is 6.58 Å². The number of hydrogen-bond acceptors (Lipinski definition) is 5. The summed E-state index contributed by atoms with van der Waals surface area (Å²) in [5.41, 5.74) is 1.11. The van der Waals surface area contributed by atoms with Crippen molar-refractivity contribution in [3.05, 3.63) is 68.3 Å². The Hall–Kier alpha value is -2.84. The standard InChI is InChI=1S/C20H23ClN6O2/c1-3-8-27-16-17(24(2)20(29)23-18(16)28)22-19(27)26-11-9-25(10-12-26)13-14-4-6-15(21)7-5-14/h3-7H,1,8-13H2,2H3,(H,23,28,29). The Kier molecular flexibility index (Phi) is 5.29. The third-order valence-corrected chi connectivity index (χ3v) is 5.53. The summed E-state index contributed by atoms with van der Waals surface area (Å²) < 4.78 is 3.20. The molecule has 0 unspecified atom stereocenters. The van der Waals surface area contributed by atoms with Crippen molar-refractivity contribution in [2.24, 2.45) is 7.05 Å². The molecule has 9 heteroatoms. The van der Waals surface area contributed by atoms with Gasteiger partial charge in [0, 0.05) is 51.3 Å². The van der Waals surface area contributed by atoms with E-state index in [0.717, 1.165) is 37.7 Å². The Labute approximate surface area is 172 Å². The van der Waals surface area contributed by atoms with E-state index >= 15 is 0 Å². The van der Waals surface area contributed by atoms with Gasteiger partial charge in [0.25, 0.3) is 5.56 Å². The van der Waals surface area contributed by atoms with E-state index in [0.29, 0.717) is 23.7 Å². The van der Waals surface area contributed by atoms with Crippen molar-refractivity contribution in [2.45, 2.75) is 13.1 Å². The second-order valence-corrected chi connectivity index (χ2v) is 7.63. The van der Waals surface area contributed by atoms with E-state index in [-0.39, 0.29) is 0 Å². The van der Waals surface area contributed by atoms with Crippen LogP contribution >= 0.6 is 11.6 Å². The average molecular weight is 415 g/mol. The maximum absolute atomic E-state index is 12.4. The molecule has 0 amide bonds. The lowest BCUT2D eigenvalue weighted by Gasteiger charge is -2.35. The summed E-state index contributed by atoms with van der Waals surface area (Å²) >= 11 is 5.97. The first kappa shape index (κ1) is 19.5. The molecule has 1 aromatic carbocycles. The first-order valence-corrected chi connectivity index (χ1v) is 9.88. The van der Waals surface area contributed by atoms with Gasteiger partial charge in [0.1, 0.15) is 0 Å². The zero-order valence-corrected chi connectivity index (χ0v) is 17.0. The fraction of sp³-hybridized carbons (Fsp3) is 0.350. The molecule has 0 bridgehead atoms. The monoisotopic (exact) mass is 414 g/mol. The number of imidazole rings is 1. The highest BCUT2D eigenvalue weighted by atomic mass is 35.5. The van der Waals surface area contributed by atoms with Crippen LogP contribution in [0.25, 0.3) is 11.2 Å². The number of piperazine rings is 1. The Bertz CT molecular complexity index is 1150. The van der Waals surface area contributed by atoms with E-state index in [1.807, 2.05) is 28.8 Å². The predicted octanol–water partition coefficient (Wildman–Crippen LogP) is 1.58. The van der Waals surface area contributed by atoms with Gasteiger partial charge in [-0.05, 0) is 17.7 Å². The Morgan fingerprint density at radius 2 is 1.86 bits per heavy atom. The number of aromatic nitrogens is 4. The molecule has 0 atom stereocenters. The summed E-state index contributed by atoms with van der Waals surface area (Å²) in [6.07, 6.45) is 1.73. The molecule has 1 aliphatic rings.